The van der Waals surface area contributed by atoms with Crippen molar-refractivity contribution in [3.63, 3.8) is 0 Å². The molecule has 7 nitrogen and oxygen atoms in total. The van der Waals surface area contributed by atoms with Crippen molar-refractivity contribution in [2.75, 3.05) is 39.3 Å². The maximum atomic E-state index is 11.9. The summed E-state index contributed by atoms with van der Waals surface area (Å²) in [7, 11) is 0. The molecule has 0 saturated carbocycles. The van der Waals surface area contributed by atoms with Crippen molar-refractivity contribution >= 4 is 29.1 Å². The van der Waals surface area contributed by atoms with Gasteiger partial charge in [-0.15, -0.1) is 0 Å². The van der Waals surface area contributed by atoms with Crippen LogP contribution in [0.3, 0.4) is 0 Å². The summed E-state index contributed by atoms with van der Waals surface area (Å²) in [5, 5.41) is 4.87. The van der Waals surface area contributed by atoms with Crippen LogP contribution in [0.1, 0.15) is 13.8 Å². The molecule has 0 aliphatic carbocycles. The highest BCUT2D eigenvalue weighted by molar-refractivity contribution is 7.80. The van der Waals surface area contributed by atoms with Crippen LogP contribution >= 0.6 is 12.2 Å². The predicted molar refractivity (Wildman–Crippen MR) is 81.5 cm³/mol. The van der Waals surface area contributed by atoms with E-state index in [1.165, 1.54) is 0 Å². The number of hydrogen-bond donors (Lipinski definition) is 3. The second-order valence-corrected chi connectivity index (χ2v) is 5.33. The SMILES string of the molecule is CCNC(=O)NC(=O)C(C)N1CCN(CC(N)=S)CC1. The van der Waals surface area contributed by atoms with Gasteiger partial charge in [-0.25, -0.2) is 4.79 Å². The van der Waals surface area contributed by atoms with Gasteiger partial charge in [-0.1, -0.05) is 12.2 Å². The lowest BCUT2D eigenvalue weighted by Gasteiger charge is -2.37. The van der Waals surface area contributed by atoms with Gasteiger partial charge < -0.3 is 11.1 Å². The van der Waals surface area contributed by atoms with Crippen molar-refractivity contribution in [1.82, 2.24) is 20.4 Å². The Kier molecular flexibility index (Phi) is 6.83. The molecule has 1 heterocycles. The molecule has 8 heteroatoms. The molecule has 0 aromatic rings. The van der Waals surface area contributed by atoms with Crippen molar-refractivity contribution in [2.24, 2.45) is 5.73 Å². The van der Waals surface area contributed by atoms with Gasteiger partial charge in [0.2, 0.25) is 5.91 Å². The smallest absolute Gasteiger partial charge is 0.321 e. The summed E-state index contributed by atoms with van der Waals surface area (Å²) in [6.45, 7) is 7.85. The molecule has 3 amide bonds. The average Bonchev–Trinajstić information content (AvgIpc) is 2.38. The summed E-state index contributed by atoms with van der Waals surface area (Å²) in [5.41, 5.74) is 5.52. The van der Waals surface area contributed by atoms with E-state index in [2.05, 4.69) is 15.5 Å². The van der Waals surface area contributed by atoms with Gasteiger partial charge in [-0.05, 0) is 13.8 Å². The lowest BCUT2D eigenvalue weighted by molar-refractivity contribution is -0.125. The summed E-state index contributed by atoms with van der Waals surface area (Å²) in [5.74, 6) is -0.279. The Labute approximate surface area is 124 Å². The van der Waals surface area contributed by atoms with Crippen LogP contribution in [0.25, 0.3) is 0 Å². The summed E-state index contributed by atoms with van der Waals surface area (Å²) in [6, 6.07) is -0.777. The van der Waals surface area contributed by atoms with Crippen molar-refractivity contribution in [3.05, 3.63) is 0 Å². The highest BCUT2D eigenvalue weighted by Crippen LogP contribution is 2.06. The Morgan fingerprint density at radius 1 is 1.30 bits per heavy atom. The fourth-order valence-electron chi connectivity index (χ4n) is 2.12. The Morgan fingerprint density at radius 3 is 2.40 bits per heavy atom. The molecule has 0 spiro atoms. The Bertz CT molecular complexity index is 369. The zero-order chi connectivity index (χ0) is 15.1. The van der Waals surface area contributed by atoms with E-state index in [1.54, 1.807) is 13.8 Å². The first-order chi connectivity index (χ1) is 9.43. The number of hydrogen-bond acceptors (Lipinski definition) is 5. The van der Waals surface area contributed by atoms with E-state index in [0.29, 0.717) is 18.1 Å². The zero-order valence-corrected chi connectivity index (χ0v) is 12.8. The molecule has 1 atom stereocenters. The summed E-state index contributed by atoms with van der Waals surface area (Å²) in [4.78, 5) is 27.9. The number of nitrogens with one attached hydrogen (secondary N) is 2. The van der Waals surface area contributed by atoms with Gasteiger partial charge in [0.05, 0.1) is 11.0 Å². The molecule has 0 radical (unpaired) electrons. The van der Waals surface area contributed by atoms with Crippen LogP contribution in [0, 0.1) is 0 Å². The second kappa shape index (κ2) is 8.13. The normalized spacial score (nSPS) is 18.3. The zero-order valence-electron chi connectivity index (χ0n) is 12.0. The molecule has 1 unspecified atom stereocenters. The summed E-state index contributed by atoms with van der Waals surface area (Å²) < 4.78 is 0. The number of carbonyl (C=O) groups excluding carboxylic acids is 2. The first-order valence-corrected chi connectivity index (χ1v) is 7.18. The minimum atomic E-state index is -0.448. The van der Waals surface area contributed by atoms with Gasteiger partial charge in [-0.2, -0.15) is 0 Å². The molecule has 20 heavy (non-hydrogen) atoms. The van der Waals surface area contributed by atoms with Crippen LogP contribution in [-0.2, 0) is 4.79 Å². The number of nitrogens with two attached hydrogens (primary N) is 1. The first kappa shape index (κ1) is 16.8. The fraction of sp³-hybridized carbons (Fsp3) is 0.750. The fourth-order valence-corrected chi connectivity index (χ4v) is 2.30. The van der Waals surface area contributed by atoms with Crippen LogP contribution < -0.4 is 16.4 Å². The number of piperazine rings is 1. The minimum Gasteiger partial charge on any atom is -0.392 e. The number of amides is 3. The minimum absolute atomic E-state index is 0.279. The molecule has 1 fully saturated rings. The van der Waals surface area contributed by atoms with Crippen molar-refractivity contribution < 1.29 is 9.59 Å². The first-order valence-electron chi connectivity index (χ1n) is 6.77. The van der Waals surface area contributed by atoms with Crippen molar-refractivity contribution in [1.29, 1.82) is 0 Å². The van der Waals surface area contributed by atoms with Crippen LogP contribution in [0.4, 0.5) is 4.79 Å². The van der Waals surface area contributed by atoms with E-state index < -0.39 is 6.03 Å². The van der Waals surface area contributed by atoms with E-state index in [9.17, 15) is 9.59 Å². The highest BCUT2D eigenvalue weighted by Gasteiger charge is 2.26. The third kappa shape index (κ3) is 5.40. The van der Waals surface area contributed by atoms with Gasteiger partial charge >= 0.3 is 6.03 Å². The molecular weight excluding hydrogens is 278 g/mol. The maximum absolute atomic E-state index is 11.9. The van der Waals surface area contributed by atoms with Gasteiger partial charge in [0.1, 0.15) is 0 Å². The lowest BCUT2D eigenvalue weighted by Crippen LogP contribution is -2.56. The van der Waals surface area contributed by atoms with Crippen LogP contribution in [0.15, 0.2) is 0 Å². The van der Waals surface area contributed by atoms with Gasteiger partial charge in [0.15, 0.2) is 0 Å². The number of nitrogens with zero attached hydrogens (tertiary/aromatic N) is 2. The molecule has 1 aliphatic rings. The Balaban J connectivity index is 2.38. The quantitative estimate of drug-likeness (QED) is 0.572. The molecule has 1 rings (SSSR count). The van der Waals surface area contributed by atoms with E-state index >= 15 is 0 Å². The number of rotatable bonds is 5. The molecular formula is C12H23N5O2S. The van der Waals surface area contributed by atoms with E-state index in [4.69, 9.17) is 18.0 Å². The van der Waals surface area contributed by atoms with E-state index in [0.717, 1.165) is 26.2 Å². The molecule has 0 aromatic carbocycles. The standard InChI is InChI=1S/C12H23N5O2S/c1-3-14-12(19)15-11(18)9(2)17-6-4-16(5-7-17)8-10(13)20/h9H,3-8H2,1-2H3,(H2,13,20)(H2,14,15,18,19). The third-order valence-corrected chi connectivity index (χ3v) is 3.42. The van der Waals surface area contributed by atoms with E-state index in [-0.39, 0.29) is 11.9 Å². The number of urea groups is 1. The lowest BCUT2D eigenvalue weighted by atomic mass is 10.2. The molecule has 0 aromatic heterocycles. The number of imide groups is 1. The van der Waals surface area contributed by atoms with Gasteiger partial charge in [0.25, 0.3) is 0 Å². The van der Waals surface area contributed by atoms with E-state index in [1.807, 2.05) is 4.90 Å². The van der Waals surface area contributed by atoms with Crippen molar-refractivity contribution in [3.8, 4) is 0 Å². The molecule has 114 valence electrons. The molecule has 1 saturated heterocycles. The van der Waals surface area contributed by atoms with Gasteiger partial charge in [0, 0.05) is 39.3 Å². The maximum Gasteiger partial charge on any atom is 0.321 e. The second-order valence-electron chi connectivity index (χ2n) is 4.80. The molecule has 1 aliphatic heterocycles. The Hall–Kier alpha value is -1.25. The van der Waals surface area contributed by atoms with Crippen LogP contribution in [0.2, 0.25) is 0 Å². The third-order valence-electron chi connectivity index (χ3n) is 3.29. The number of carbonyl (C=O) groups is 2. The Morgan fingerprint density at radius 2 is 1.90 bits per heavy atom. The number of thiocarbonyl (C=S) groups is 1. The monoisotopic (exact) mass is 301 g/mol. The molecule has 0 bridgehead atoms. The predicted octanol–water partition coefficient (Wildman–Crippen LogP) is -0.876. The highest BCUT2D eigenvalue weighted by atomic mass is 32.1. The summed E-state index contributed by atoms with van der Waals surface area (Å²) >= 11 is 4.89. The van der Waals surface area contributed by atoms with Crippen LogP contribution in [-0.4, -0.2) is 72.0 Å². The van der Waals surface area contributed by atoms with Crippen molar-refractivity contribution in [2.45, 2.75) is 19.9 Å². The largest absolute Gasteiger partial charge is 0.392 e. The molecule has 4 N–H and O–H groups in total. The van der Waals surface area contributed by atoms with Crippen LogP contribution in [0.5, 0.6) is 0 Å². The topological polar surface area (TPSA) is 90.7 Å². The summed E-state index contributed by atoms with van der Waals surface area (Å²) in [6.07, 6.45) is 0. The average molecular weight is 301 g/mol. The van der Waals surface area contributed by atoms with Gasteiger partial charge in [-0.3, -0.25) is 19.9 Å².